The molecule has 1 atom stereocenters. The zero-order valence-electron chi connectivity index (χ0n) is 11.7. The number of carbonyl (C=O) groups is 1. The van der Waals surface area contributed by atoms with Gasteiger partial charge < -0.3 is 4.90 Å². The molecule has 2 heterocycles. The molecule has 1 saturated heterocycles. The summed E-state index contributed by atoms with van der Waals surface area (Å²) in [5.74, 6) is 0. The van der Waals surface area contributed by atoms with Crippen LogP contribution in [0.25, 0.3) is 0 Å². The third kappa shape index (κ3) is 3.43. The number of urea groups is 1. The van der Waals surface area contributed by atoms with Gasteiger partial charge in [-0.3, -0.25) is 4.84 Å². The lowest BCUT2D eigenvalue weighted by Gasteiger charge is -2.23. The number of thiophene rings is 1. The van der Waals surface area contributed by atoms with Crippen molar-refractivity contribution in [2.75, 3.05) is 6.54 Å². The van der Waals surface area contributed by atoms with Gasteiger partial charge in [-0.1, -0.05) is 36.4 Å². The van der Waals surface area contributed by atoms with Crippen LogP contribution in [0.2, 0.25) is 0 Å². The number of likely N-dealkylation sites (tertiary alicyclic amines) is 1. The summed E-state index contributed by atoms with van der Waals surface area (Å²) in [6.45, 7) is 1.16. The van der Waals surface area contributed by atoms with Gasteiger partial charge in [0.05, 0.1) is 12.6 Å². The maximum absolute atomic E-state index is 12.2. The van der Waals surface area contributed by atoms with Crippen LogP contribution in [0.15, 0.2) is 47.8 Å². The van der Waals surface area contributed by atoms with Crippen molar-refractivity contribution in [1.82, 2.24) is 10.4 Å². The maximum Gasteiger partial charge on any atom is 0.341 e. The van der Waals surface area contributed by atoms with Crippen LogP contribution in [0, 0.1) is 0 Å². The molecule has 0 unspecified atom stereocenters. The fourth-order valence-corrected chi connectivity index (χ4v) is 3.47. The number of rotatable bonds is 4. The second-order valence-electron chi connectivity index (χ2n) is 5.05. The van der Waals surface area contributed by atoms with E-state index in [0.717, 1.165) is 24.9 Å². The Bertz CT molecular complexity index is 571. The summed E-state index contributed by atoms with van der Waals surface area (Å²) in [5, 5.41) is 2.05. The van der Waals surface area contributed by atoms with Gasteiger partial charge in [0.2, 0.25) is 0 Å². The molecule has 0 bridgehead atoms. The zero-order valence-corrected chi connectivity index (χ0v) is 12.5. The van der Waals surface area contributed by atoms with E-state index in [1.165, 1.54) is 4.88 Å². The van der Waals surface area contributed by atoms with E-state index in [1.54, 1.807) is 11.3 Å². The number of hydroxylamine groups is 1. The lowest BCUT2D eigenvalue weighted by molar-refractivity contribution is 0.0352. The van der Waals surface area contributed by atoms with Crippen molar-refractivity contribution < 1.29 is 9.63 Å². The number of amides is 2. The maximum atomic E-state index is 12.2. The highest BCUT2D eigenvalue weighted by molar-refractivity contribution is 7.10. The van der Waals surface area contributed by atoms with E-state index in [9.17, 15) is 4.79 Å². The number of hydrogen-bond acceptors (Lipinski definition) is 3. The lowest BCUT2D eigenvalue weighted by Crippen LogP contribution is -2.39. The monoisotopic (exact) mass is 302 g/mol. The van der Waals surface area contributed by atoms with Gasteiger partial charge in [-0.25, -0.2) is 10.3 Å². The molecule has 3 rings (SSSR count). The second-order valence-corrected chi connectivity index (χ2v) is 6.03. The smallest absolute Gasteiger partial charge is 0.315 e. The molecule has 21 heavy (non-hydrogen) atoms. The van der Waals surface area contributed by atoms with E-state index in [2.05, 4.69) is 16.9 Å². The minimum absolute atomic E-state index is 0.151. The Balaban J connectivity index is 1.53. The largest absolute Gasteiger partial charge is 0.341 e. The highest BCUT2D eigenvalue weighted by Crippen LogP contribution is 2.34. The van der Waals surface area contributed by atoms with Crippen molar-refractivity contribution in [2.24, 2.45) is 0 Å². The van der Waals surface area contributed by atoms with E-state index < -0.39 is 0 Å². The first kappa shape index (κ1) is 14.1. The minimum atomic E-state index is -0.151. The molecule has 4 nitrogen and oxygen atoms in total. The van der Waals surface area contributed by atoms with Gasteiger partial charge in [-0.2, -0.15) is 0 Å². The van der Waals surface area contributed by atoms with Gasteiger partial charge in [0.15, 0.2) is 0 Å². The van der Waals surface area contributed by atoms with Gasteiger partial charge in [-0.05, 0) is 29.9 Å². The summed E-state index contributed by atoms with van der Waals surface area (Å²) in [4.78, 5) is 20.7. The van der Waals surface area contributed by atoms with Gasteiger partial charge in [0, 0.05) is 11.4 Å². The molecule has 2 amide bonds. The highest BCUT2D eigenvalue weighted by Gasteiger charge is 2.30. The SMILES string of the molecule is O=C(NOCc1ccccc1)N1CCC[C@@H]1c1cccs1. The molecule has 2 aromatic rings. The van der Waals surface area contributed by atoms with Crippen LogP contribution in [0.3, 0.4) is 0 Å². The fourth-order valence-electron chi connectivity index (χ4n) is 2.60. The summed E-state index contributed by atoms with van der Waals surface area (Å²) < 4.78 is 0. The number of nitrogens with zero attached hydrogens (tertiary/aromatic N) is 1. The molecule has 0 saturated carbocycles. The fraction of sp³-hybridized carbons (Fsp3) is 0.312. The van der Waals surface area contributed by atoms with Crippen LogP contribution in [0.4, 0.5) is 4.79 Å². The second kappa shape index (κ2) is 6.74. The van der Waals surface area contributed by atoms with Crippen molar-refractivity contribution >= 4 is 17.4 Å². The van der Waals surface area contributed by atoms with Gasteiger partial charge in [0.25, 0.3) is 0 Å². The zero-order chi connectivity index (χ0) is 14.5. The van der Waals surface area contributed by atoms with E-state index in [-0.39, 0.29) is 12.1 Å². The number of hydrogen-bond donors (Lipinski definition) is 1. The third-order valence-corrected chi connectivity index (χ3v) is 4.60. The Hall–Kier alpha value is -1.85. The Labute approximate surface area is 128 Å². The lowest BCUT2D eigenvalue weighted by atomic mass is 10.2. The molecular formula is C16H18N2O2S. The molecule has 110 valence electrons. The molecule has 1 N–H and O–H groups in total. The molecule has 1 fully saturated rings. The van der Waals surface area contributed by atoms with E-state index in [0.29, 0.717) is 6.61 Å². The predicted molar refractivity (Wildman–Crippen MR) is 82.8 cm³/mol. The highest BCUT2D eigenvalue weighted by atomic mass is 32.1. The van der Waals surface area contributed by atoms with Crippen LogP contribution < -0.4 is 5.48 Å². The Kier molecular flexibility index (Phi) is 4.52. The van der Waals surface area contributed by atoms with Gasteiger partial charge >= 0.3 is 6.03 Å². The average molecular weight is 302 g/mol. The normalized spacial score (nSPS) is 17.9. The summed E-state index contributed by atoms with van der Waals surface area (Å²) >= 11 is 1.70. The summed E-state index contributed by atoms with van der Waals surface area (Å²) in [6, 6.07) is 13.9. The molecule has 0 radical (unpaired) electrons. The first-order valence-electron chi connectivity index (χ1n) is 7.10. The van der Waals surface area contributed by atoms with Crippen LogP contribution in [-0.4, -0.2) is 17.5 Å². The molecule has 5 heteroatoms. The predicted octanol–water partition coefficient (Wildman–Crippen LogP) is 3.73. The topological polar surface area (TPSA) is 41.6 Å². The van der Waals surface area contributed by atoms with E-state index >= 15 is 0 Å². The third-order valence-electron chi connectivity index (χ3n) is 3.63. The minimum Gasteiger partial charge on any atom is -0.315 e. The molecule has 1 aliphatic rings. The van der Waals surface area contributed by atoms with Crippen LogP contribution in [0.1, 0.15) is 29.3 Å². The summed E-state index contributed by atoms with van der Waals surface area (Å²) in [5.41, 5.74) is 3.59. The molecule has 1 aromatic heterocycles. The summed E-state index contributed by atoms with van der Waals surface area (Å²) in [6.07, 6.45) is 2.06. The van der Waals surface area contributed by atoms with Crippen LogP contribution >= 0.6 is 11.3 Å². The Morgan fingerprint density at radius 1 is 1.29 bits per heavy atom. The summed E-state index contributed by atoms with van der Waals surface area (Å²) in [7, 11) is 0. The van der Waals surface area contributed by atoms with Gasteiger partial charge in [-0.15, -0.1) is 11.3 Å². The molecular weight excluding hydrogens is 284 g/mol. The molecule has 1 aliphatic heterocycles. The first-order chi connectivity index (χ1) is 10.3. The van der Waals surface area contributed by atoms with E-state index in [1.807, 2.05) is 41.3 Å². The number of nitrogens with one attached hydrogen (secondary N) is 1. The standard InChI is InChI=1S/C16H18N2O2S/c19-16(17-20-12-13-6-2-1-3-7-13)18-10-4-8-14(18)15-9-5-11-21-15/h1-3,5-7,9,11,14H,4,8,10,12H2,(H,17,19)/t14-/m1/s1. The molecule has 1 aromatic carbocycles. The van der Waals surface area contributed by atoms with Crippen molar-refractivity contribution in [1.29, 1.82) is 0 Å². The quantitative estimate of drug-likeness (QED) is 0.874. The molecule has 0 spiro atoms. The van der Waals surface area contributed by atoms with Crippen LogP contribution in [0.5, 0.6) is 0 Å². The van der Waals surface area contributed by atoms with Crippen molar-refractivity contribution in [2.45, 2.75) is 25.5 Å². The Morgan fingerprint density at radius 2 is 2.14 bits per heavy atom. The average Bonchev–Trinajstić information content (AvgIpc) is 3.19. The van der Waals surface area contributed by atoms with Crippen LogP contribution in [-0.2, 0) is 11.4 Å². The van der Waals surface area contributed by atoms with E-state index in [4.69, 9.17) is 4.84 Å². The van der Waals surface area contributed by atoms with Crippen molar-refractivity contribution in [3.05, 3.63) is 58.3 Å². The Morgan fingerprint density at radius 3 is 2.90 bits per heavy atom. The first-order valence-corrected chi connectivity index (χ1v) is 7.98. The van der Waals surface area contributed by atoms with Crippen molar-refractivity contribution in [3.8, 4) is 0 Å². The number of benzene rings is 1. The number of carbonyl (C=O) groups excluding carboxylic acids is 1. The van der Waals surface area contributed by atoms with Crippen molar-refractivity contribution in [3.63, 3.8) is 0 Å². The van der Waals surface area contributed by atoms with Gasteiger partial charge in [0.1, 0.15) is 0 Å². The molecule has 0 aliphatic carbocycles.